The van der Waals surface area contributed by atoms with Gasteiger partial charge in [-0.25, -0.2) is 0 Å². The molecule has 0 saturated heterocycles. The fraction of sp³-hybridized carbons (Fsp3) is 0.556. The van der Waals surface area contributed by atoms with Crippen molar-refractivity contribution in [2.45, 2.75) is 82.4 Å². The molecular weight excluding hydrogens is 427 g/mol. The van der Waals surface area contributed by atoms with Gasteiger partial charge in [0.1, 0.15) is 6.10 Å². The number of carbonyl (C=O) groups is 1. The molecule has 0 atom stereocenters. The highest BCUT2D eigenvalue weighted by Gasteiger charge is 2.32. The number of esters is 1. The van der Waals surface area contributed by atoms with E-state index in [1.54, 1.807) is 18.2 Å². The summed E-state index contributed by atoms with van der Waals surface area (Å²) < 4.78 is 44.1. The predicted molar refractivity (Wildman–Crippen MR) is 121 cm³/mol. The number of hydrogen-bond donors (Lipinski definition) is 0. The van der Waals surface area contributed by atoms with Crippen molar-refractivity contribution < 1.29 is 22.7 Å². The average Bonchev–Trinajstić information content (AvgIpc) is 2.82. The van der Waals surface area contributed by atoms with Gasteiger partial charge in [-0.3, -0.25) is 4.79 Å². The zero-order chi connectivity index (χ0) is 23.7. The topological polar surface area (TPSA) is 50.1 Å². The maximum atomic E-state index is 12.8. The molecule has 33 heavy (non-hydrogen) atoms. The van der Waals surface area contributed by atoms with E-state index in [4.69, 9.17) is 10.00 Å². The second-order valence-electron chi connectivity index (χ2n) is 9.24. The molecule has 0 aromatic heterocycles. The highest BCUT2D eigenvalue weighted by atomic mass is 19.4. The van der Waals surface area contributed by atoms with Crippen molar-refractivity contribution in [3.05, 3.63) is 59.7 Å². The number of ether oxygens (including phenoxy) is 1. The molecule has 178 valence electrons. The Morgan fingerprint density at radius 2 is 1.67 bits per heavy atom. The Bertz CT molecular complexity index is 851. The molecule has 1 aromatic rings. The highest BCUT2D eigenvalue weighted by Crippen LogP contribution is 2.37. The molecule has 0 radical (unpaired) electrons. The molecule has 0 amide bonds. The van der Waals surface area contributed by atoms with Crippen molar-refractivity contribution in [3.63, 3.8) is 0 Å². The number of allylic oxidation sites excluding steroid dienone is 4. The minimum absolute atomic E-state index is 0.0111. The Kier molecular flexibility index (Phi) is 9.17. The fourth-order valence-corrected chi connectivity index (χ4v) is 5.01. The van der Waals surface area contributed by atoms with Crippen LogP contribution in [0.25, 0.3) is 0 Å². The Balaban J connectivity index is 1.35. The summed E-state index contributed by atoms with van der Waals surface area (Å²) >= 11 is 0. The molecule has 0 unspecified atom stereocenters. The maximum absolute atomic E-state index is 12.8. The van der Waals surface area contributed by atoms with Crippen LogP contribution < -0.4 is 0 Å². The Hall–Kier alpha value is -2.55. The number of carbonyl (C=O) groups excluding carboxylic acids is 1. The quantitative estimate of drug-likeness (QED) is 0.241. The van der Waals surface area contributed by atoms with Crippen LogP contribution in [0, 0.1) is 23.2 Å². The molecule has 0 spiro atoms. The van der Waals surface area contributed by atoms with Gasteiger partial charge in [0.25, 0.3) is 0 Å². The van der Waals surface area contributed by atoms with Crippen LogP contribution in [0.5, 0.6) is 0 Å². The lowest BCUT2D eigenvalue weighted by Crippen LogP contribution is -2.29. The van der Waals surface area contributed by atoms with Crippen molar-refractivity contribution in [1.29, 1.82) is 5.26 Å². The second kappa shape index (κ2) is 12.1. The van der Waals surface area contributed by atoms with Crippen molar-refractivity contribution in [2.24, 2.45) is 11.8 Å². The summed E-state index contributed by atoms with van der Waals surface area (Å²) in [4.78, 5) is 12.6. The van der Waals surface area contributed by atoms with Gasteiger partial charge in [0.2, 0.25) is 0 Å². The number of nitrogens with zero attached hydrogens (tertiary/aromatic N) is 1. The number of alkyl halides is 3. The highest BCUT2D eigenvalue weighted by molar-refractivity contribution is 5.72. The van der Waals surface area contributed by atoms with E-state index in [0.717, 1.165) is 81.9 Å². The first-order chi connectivity index (χ1) is 15.9. The first-order valence-corrected chi connectivity index (χ1v) is 12.0. The molecule has 0 aliphatic heterocycles. The summed E-state index contributed by atoms with van der Waals surface area (Å²) in [6.07, 6.45) is 11.9. The lowest BCUT2D eigenvalue weighted by atomic mass is 9.79. The number of benzene rings is 1. The summed E-state index contributed by atoms with van der Waals surface area (Å²) in [7, 11) is 0. The monoisotopic (exact) mass is 459 g/mol. The van der Waals surface area contributed by atoms with Crippen LogP contribution in [0.3, 0.4) is 0 Å². The predicted octanol–water partition coefficient (Wildman–Crippen LogP) is 7.50. The van der Waals surface area contributed by atoms with E-state index in [-0.39, 0.29) is 23.9 Å². The number of rotatable bonds is 7. The molecule has 0 N–H and O–H groups in total. The third-order valence-corrected chi connectivity index (χ3v) is 7.01. The molecule has 2 aliphatic carbocycles. The van der Waals surface area contributed by atoms with Crippen LogP contribution in [0.1, 0.15) is 81.3 Å². The molecule has 2 aliphatic rings. The largest absolute Gasteiger partial charge is 0.462 e. The van der Waals surface area contributed by atoms with E-state index in [1.807, 2.05) is 12.1 Å². The maximum Gasteiger partial charge on any atom is 0.416 e. The van der Waals surface area contributed by atoms with Crippen LogP contribution in [0.15, 0.2) is 48.6 Å². The first-order valence-electron chi connectivity index (χ1n) is 12.0. The molecular formula is C27H32F3NO2. The van der Waals surface area contributed by atoms with Gasteiger partial charge in [0.15, 0.2) is 0 Å². The second-order valence-corrected chi connectivity index (χ2v) is 9.24. The minimum Gasteiger partial charge on any atom is -0.462 e. The standard InChI is InChI=1S/C27H32F3NO2/c28-27(29,30)24-15-11-21(12-16-24)22-13-17-25(18-14-22)33-26(32)23-9-7-20(8-10-23)6-4-2-1-3-5-19-31/h1-3,5,11-12,15-16,20,22-23,25H,4,6-10,13-14,17-18H2/t20-,22-,23-,25-. The van der Waals surface area contributed by atoms with E-state index >= 15 is 0 Å². The summed E-state index contributed by atoms with van der Waals surface area (Å²) in [6.45, 7) is 0. The summed E-state index contributed by atoms with van der Waals surface area (Å²) in [6, 6.07) is 7.42. The molecule has 0 bridgehead atoms. The number of halogens is 3. The Morgan fingerprint density at radius 3 is 2.27 bits per heavy atom. The molecule has 2 saturated carbocycles. The molecule has 3 nitrogen and oxygen atoms in total. The zero-order valence-corrected chi connectivity index (χ0v) is 18.9. The number of hydrogen-bond acceptors (Lipinski definition) is 3. The lowest BCUT2D eigenvalue weighted by molar-refractivity contribution is -0.157. The van der Waals surface area contributed by atoms with Crippen molar-refractivity contribution in [2.75, 3.05) is 0 Å². The zero-order valence-electron chi connectivity index (χ0n) is 18.9. The van der Waals surface area contributed by atoms with Gasteiger partial charge in [-0.15, -0.1) is 0 Å². The lowest BCUT2D eigenvalue weighted by Gasteiger charge is -2.31. The number of nitriles is 1. The van der Waals surface area contributed by atoms with Crippen LogP contribution >= 0.6 is 0 Å². The molecule has 6 heteroatoms. The third kappa shape index (κ3) is 7.77. The van der Waals surface area contributed by atoms with Crippen LogP contribution in [0.4, 0.5) is 13.2 Å². The average molecular weight is 460 g/mol. The third-order valence-electron chi connectivity index (χ3n) is 7.01. The van der Waals surface area contributed by atoms with Gasteiger partial charge in [0, 0.05) is 6.08 Å². The van der Waals surface area contributed by atoms with E-state index in [9.17, 15) is 18.0 Å². The molecule has 2 fully saturated rings. The van der Waals surface area contributed by atoms with Crippen LogP contribution in [0.2, 0.25) is 0 Å². The Labute approximate surface area is 194 Å². The smallest absolute Gasteiger partial charge is 0.416 e. The summed E-state index contributed by atoms with van der Waals surface area (Å²) in [5, 5.41) is 8.45. The summed E-state index contributed by atoms with van der Waals surface area (Å²) in [5.41, 5.74) is 0.315. The molecule has 1 aromatic carbocycles. The van der Waals surface area contributed by atoms with E-state index < -0.39 is 11.7 Å². The van der Waals surface area contributed by atoms with Gasteiger partial charge in [0.05, 0.1) is 17.6 Å². The van der Waals surface area contributed by atoms with Gasteiger partial charge < -0.3 is 4.74 Å². The van der Waals surface area contributed by atoms with E-state index in [0.29, 0.717) is 5.92 Å². The van der Waals surface area contributed by atoms with E-state index in [2.05, 4.69) is 6.08 Å². The van der Waals surface area contributed by atoms with Crippen molar-refractivity contribution in [3.8, 4) is 6.07 Å². The Morgan fingerprint density at radius 1 is 1.00 bits per heavy atom. The normalized spacial score (nSPS) is 26.4. The fourth-order valence-electron chi connectivity index (χ4n) is 5.01. The summed E-state index contributed by atoms with van der Waals surface area (Å²) in [5.74, 6) is 0.774. The van der Waals surface area contributed by atoms with Gasteiger partial charge in [-0.05, 0) is 93.7 Å². The first kappa shape index (κ1) is 25.1. The van der Waals surface area contributed by atoms with Crippen LogP contribution in [-0.4, -0.2) is 12.1 Å². The van der Waals surface area contributed by atoms with Crippen LogP contribution in [-0.2, 0) is 15.7 Å². The molecule has 0 heterocycles. The van der Waals surface area contributed by atoms with Gasteiger partial charge in [-0.2, -0.15) is 18.4 Å². The van der Waals surface area contributed by atoms with Crippen molar-refractivity contribution >= 4 is 5.97 Å². The van der Waals surface area contributed by atoms with Crippen molar-refractivity contribution in [1.82, 2.24) is 0 Å². The SMILES string of the molecule is N#CC=CC=CCC[C@H]1CC[C@H](C(=O)O[C@H]2CC[C@H](c3ccc(C(F)(F)F)cc3)CC2)CC1. The molecule has 3 rings (SSSR count). The minimum atomic E-state index is -4.31. The van der Waals surface area contributed by atoms with E-state index in [1.165, 1.54) is 6.08 Å². The van der Waals surface area contributed by atoms with Gasteiger partial charge in [-0.1, -0.05) is 30.4 Å². The van der Waals surface area contributed by atoms with Gasteiger partial charge >= 0.3 is 12.1 Å².